The Morgan fingerprint density at radius 1 is 1.21 bits per heavy atom. The smallest absolute Gasteiger partial charge is 0.341 e. The molecule has 0 aliphatic rings. The van der Waals surface area contributed by atoms with Crippen molar-refractivity contribution in [2.24, 2.45) is 0 Å². The predicted molar refractivity (Wildman–Crippen MR) is 51.1 cm³/mol. The first-order valence-electron chi connectivity index (χ1n) is 3.52. The number of hydrogen-bond acceptors (Lipinski definition) is 4. The van der Waals surface area contributed by atoms with Crippen LogP contribution in [0.5, 0.6) is 0 Å². The van der Waals surface area contributed by atoms with Gasteiger partial charge >= 0.3 is 16.1 Å². The molecule has 0 bridgehead atoms. The van der Waals surface area contributed by atoms with E-state index in [-0.39, 0.29) is 34.5 Å². The van der Waals surface area contributed by atoms with Gasteiger partial charge in [0, 0.05) is 36.5 Å². The summed E-state index contributed by atoms with van der Waals surface area (Å²) < 4.78 is 26.6. The van der Waals surface area contributed by atoms with Gasteiger partial charge in [0.1, 0.15) is 4.90 Å². The van der Waals surface area contributed by atoms with Gasteiger partial charge in [0.15, 0.2) is 0 Å². The largest absolute Gasteiger partial charge is 0.343 e. The molecule has 0 heterocycles. The zero-order valence-corrected chi connectivity index (χ0v) is 10.7. The molecule has 14 heavy (non-hydrogen) atoms. The van der Waals surface area contributed by atoms with E-state index in [1.807, 2.05) is 0 Å². The van der Waals surface area contributed by atoms with E-state index in [1.165, 1.54) is 12.1 Å². The average molecular weight is 223 g/mol. The third-order valence-corrected chi connectivity index (χ3v) is 2.56. The van der Waals surface area contributed by atoms with E-state index in [1.54, 1.807) is 18.2 Å². The molecule has 0 spiro atoms. The van der Waals surface area contributed by atoms with Crippen LogP contribution in [-0.4, -0.2) is 43.9 Å². The molecule has 0 aliphatic carbocycles. The molecule has 71 valence electrons. The third-order valence-electron chi connectivity index (χ3n) is 1.26. The van der Waals surface area contributed by atoms with Crippen molar-refractivity contribution in [1.29, 1.82) is 0 Å². The zero-order chi connectivity index (χ0) is 9.90. The average Bonchev–Trinajstić information content (AvgIpc) is 2.04. The van der Waals surface area contributed by atoms with E-state index in [2.05, 4.69) is 4.18 Å². The SMILES string of the molecule is CC(=O)OS(=O)(=O)c1ccccc1.[Na]. The van der Waals surface area contributed by atoms with Crippen LogP contribution in [-0.2, 0) is 19.1 Å². The van der Waals surface area contributed by atoms with E-state index in [9.17, 15) is 13.2 Å². The van der Waals surface area contributed by atoms with Gasteiger partial charge in [-0.1, -0.05) is 18.2 Å². The molecule has 0 saturated heterocycles. The topological polar surface area (TPSA) is 60.4 Å². The third kappa shape index (κ3) is 3.79. The molecule has 1 aromatic carbocycles. The number of hydrogen-bond donors (Lipinski definition) is 0. The second kappa shape index (κ2) is 5.50. The number of benzene rings is 1. The minimum Gasteiger partial charge on any atom is -0.343 e. The fraction of sp³-hybridized carbons (Fsp3) is 0.125. The van der Waals surface area contributed by atoms with Crippen LogP contribution in [0.2, 0.25) is 0 Å². The van der Waals surface area contributed by atoms with Crippen LogP contribution >= 0.6 is 0 Å². The fourth-order valence-corrected chi connectivity index (χ4v) is 1.69. The normalized spacial score (nSPS) is 10.1. The molecule has 0 amide bonds. The van der Waals surface area contributed by atoms with Crippen molar-refractivity contribution < 1.29 is 17.4 Å². The number of carbonyl (C=O) groups excluding carboxylic acids is 1. The Kier molecular flexibility index (Phi) is 5.36. The molecule has 6 heteroatoms. The van der Waals surface area contributed by atoms with Gasteiger partial charge in [-0.25, -0.2) is 0 Å². The molecule has 0 fully saturated rings. The van der Waals surface area contributed by atoms with Crippen LogP contribution in [0.15, 0.2) is 35.2 Å². The molecule has 0 saturated carbocycles. The molecule has 0 aliphatic heterocycles. The summed E-state index contributed by atoms with van der Waals surface area (Å²) in [5.74, 6) is -0.844. The van der Waals surface area contributed by atoms with Crippen molar-refractivity contribution in [3.05, 3.63) is 30.3 Å². The van der Waals surface area contributed by atoms with E-state index in [0.717, 1.165) is 6.92 Å². The Morgan fingerprint density at radius 3 is 2.14 bits per heavy atom. The maximum atomic E-state index is 11.2. The summed E-state index contributed by atoms with van der Waals surface area (Å²) in [6.07, 6.45) is 0. The molecular weight excluding hydrogens is 215 g/mol. The van der Waals surface area contributed by atoms with Gasteiger partial charge < -0.3 is 4.18 Å². The van der Waals surface area contributed by atoms with Crippen LogP contribution in [0.3, 0.4) is 0 Å². The van der Waals surface area contributed by atoms with E-state index in [4.69, 9.17) is 0 Å². The van der Waals surface area contributed by atoms with Gasteiger partial charge in [0.05, 0.1) is 0 Å². The molecule has 0 unspecified atom stereocenters. The number of carbonyl (C=O) groups is 1. The summed E-state index contributed by atoms with van der Waals surface area (Å²) in [7, 11) is -3.91. The first kappa shape index (κ1) is 13.6. The van der Waals surface area contributed by atoms with Crippen LogP contribution < -0.4 is 0 Å². The standard InChI is InChI=1S/C8H8O4S.Na/c1-7(9)12-13(10,11)8-5-3-2-4-6-8;/h2-6H,1H3;. The summed E-state index contributed by atoms with van der Waals surface area (Å²) in [6, 6.07) is 7.50. The second-order valence-electron chi connectivity index (χ2n) is 2.34. The van der Waals surface area contributed by atoms with Crippen molar-refractivity contribution in [1.82, 2.24) is 0 Å². The van der Waals surface area contributed by atoms with Crippen molar-refractivity contribution >= 4 is 45.6 Å². The summed E-state index contributed by atoms with van der Waals surface area (Å²) in [4.78, 5) is 10.4. The molecule has 1 rings (SSSR count). The Balaban J connectivity index is 0.00000169. The van der Waals surface area contributed by atoms with Gasteiger partial charge in [-0.3, -0.25) is 4.79 Å². The minimum atomic E-state index is -3.91. The van der Waals surface area contributed by atoms with Crippen LogP contribution in [0.4, 0.5) is 0 Å². The molecule has 0 atom stereocenters. The number of rotatable bonds is 2. The Bertz CT molecular complexity index is 399. The minimum absolute atomic E-state index is 0. The monoisotopic (exact) mass is 223 g/mol. The molecule has 0 N–H and O–H groups in total. The molecular formula is C8H8NaO4S. The first-order chi connectivity index (χ1) is 6.02. The molecule has 1 aromatic rings. The van der Waals surface area contributed by atoms with Crippen LogP contribution in [0.25, 0.3) is 0 Å². The van der Waals surface area contributed by atoms with Gasteiger partial charge in [-0.2, -0.15) is 8.42 Å². The summed E-state index contributed by atoms with van der Waals surface area (Å²) in [5, 5.41) is 0. The van der Waals surface area contributed by atoms with Crippen molar-refractivity contribution in [2.75, 3.05) is 0 Å². The first-order valence-corrected chi connectivity index (χ1v) is 4.93. The van der Waals surface area contributed by atoms with Gasteiger partial charge in [-0.05, 0) is 12.1 Å². The molecule has 0 aromatic heterocycles. The summed E-state index contributed by atoms with van der Waals surface area (Å²) >= 11 is 0. The van der Waals surface area contributed by atoms with E-state index in [0.29, 0.717) is 0 Å². The van der Waals surface area contributed by atoms with E-state index >= 15 is 0 Å². The Hall–Kier alpha value is -0.360. The second-order valence-corrected chi connectivity index (χ2v) is 3.89. The van der Waals surface area contributed by atoms with Crippen LogP contribution in [0.1, 0.15) is 6.92 Å². The summed E-state index contributed by atoms with van der Waals surface area (Å²) in [6.45, 7) is 1.04. The quantitative estimate of drug-likeness (QED) is 0.543. The van der Waals surface area contributed by atoms with Crippen molar-refractivity contribution in [3.63, 3.8) is 0 Å². The van der Waals surface area contributed by atoms with Gasteiger partial charge in [0.2, 0.25) is 0 Å². The molecule has 1 radical (unpaired) electrons. The predicted octanol–water partition coefficient (Wildman–Crippen LogP) is 0.558. The van der Waals surface area contributed by atoms with Crippen LogP contribution in [0, 0.1) is 0 Å². The Labute approximate surface area is 105 Å². The maximum absolute atomic E-state index is 11.2. The maximum Gasteiger partial charge on any atom is 0.341 e. The van der Waals surface area contributed by atoms with Gasteiger partial charge in [0.25, 0.3) is 0 Å². The molecule has 4 nitrogen and oxygen atoms in total. The fourth-order valence-electron chi connectivity index (χ4n) is 0.790. The zero-order valence-electron chi connectivity index (χ0n) is 7.93. The van der Waals surface area contributed by atoms with E-state index < -0.39 is 16.1 Å². The summed E-state index contributed by atoms with van der Waals surface area (Å²) in [5.41, 5.74) is 0. The Morgan fingerprint density at radius 2 is 1.71 bits per heavy atom. The van der Waals surface area contributed by atoms with Gasteiger partial charge in [-0.15, -0.1) is 0 Å². The van der Waals surface area contributed by atoms with Crippen molar-refractivity contribution in [2.45, 2.75) is 11.8 Å². The van der Waals surface area contributed by atoms with Crippen molar-refractivity contribution in [3.8, 4) is 0 Å².